The number of nitrogens with zero attached hydrogens (tertiary/aromatic N) is 4. The van der Waals surface area contributed by atoms with Gasteiger partial charge in [0.2, 0.25) is 0 Å². The Morgan fingerprint density at radius 3 is 2.58 bits per heavy atom. The summed E-state index contributed by atoms with van der Waals surface area (Å²) in [5.74, 6) is 0. The minimum atomic E-state index is -0.0949. The number of carbonyl (C=O) groups excluding carboxylic acids is 1. The normalized spacial score (nSPS) is 19.5. The van der Waals surface area contributed by atoms with E-state index < -0.39 is 0 Å². The van der Waals surface area contributed by atoms with Crippen molar-refractivity contribution in [3.63, 3.8) is 0 Å². The minimum absolute atomic E-state index is 0.0949. The maximum atomic E-state index is 12.9. The highest BCUT2D eigenvalue weighted by Crippen LogP contribution is 2.40. The van der Waals surface area contributed by atoms with E-state index in [1.165, 1.54) is 11.3 Å². The van der Waals surface area contributed by atoms with Crippen molar-refractivity contribution in [3.05, 3.63) is 53.3 Å². The molecule has 2 N–H and O–H groups in total. The number of urea groups is 1. The number of rotatable bonds is 3. The average molecular weight is 431 g/mol. The molecular formula is C23H22N6OS. The molecule has 2 aliphatic rings. The lowest BCUT2D eigenvalue weighted by Crippen LogP contribution is -2.70. The number of thiazole rings is 1. The molecule has 4 heterocycles. The van der Waals surface area contributed by atoms with Crippen molar-refractivity contribution in [1.82, 2.24) is 20.2 Å². The van der Waals surface area contributed by atoms with Crippen LogP contribution in [0.5, 0.6) is 0 Å². The number of nitriles is 1. The Balaban J connectivity index is 1.53. The van der Waals surface area contributed by atoms with Gasteiger partial charge in [-0.3, -0.25) is 10.3 Å². The molecule has 2 atom stereocenters. The zero-order valence-corrected chi connectivity index (χ0v) is 18.2. The number of nitrogens with one attached hydrogen (secondary N) is 2. The third kappa shape index (κ3) is 3.67. The lowest BCUT2D eigenvalue weighted by atomic mass is 9.89. The van der Waals surface area contributed by atoms with Crippen LogP contribution in [0.15, 0.2) is 36.4 Å². The molecule has 0 saturated carbocycles. The number of carbonyl (C=O) groups is 1. The lowest BCUT2D eigenvalue weighted by molar-refractivity contribution is 0.0309. The summed E-state index contributed by atoms with van der Waals surface area (Å²) in [6.45, 7) is 5.61. The fraction of sp³-hybridized carbons (Fsp3) is 0.304. The van der Waals surface area contributed by atoms with E-state index in [1.807, 2.05) is 49.1 Å². The molecule has 2 bridgehead atoms. The zero-order chi connectivity index (χ0) is 21.5. The van der Waals surface area contributed by atoms with Crippen LogP contribution in [0.3, 0.4) is 0 Å². The predicted molar refractivity (Wildman–Crippen MR) is 121 cm³/mol. The Bertz CT molecular complexity index is 1180. The first kappa shape index (κ1) is 19.7. The number of piperidine rings is 1. The van der Waals surface area contributed by atoms with Gasteiger partial charge < -0.3 is 10.2 Å². The Labute approximate surface area is 184 Å². The number of amides is 2. The number of hydrogen-bond donors (Lipinski definition) is 2. The summed E-state index contributed by atoms with van der Waals surface area (Å²) in [5, 5.41) is 16.2. The SMILES string of the molecule is Cc1cc(-c2sc(NC(=O)N3C4CNCC3C4)nc2-c2cccc(C#N)c2)cc(C)n1. The first-order valence-corrected chi connectivity index (χ1v) is 11.1. The van der Waals surface area contributed by atoms with Crippen LogP contribution >= 0.6 is 11.3 Å². The molecule has 2 saturated heterocycles. The Kier molecular flexibility index (Phi) is 4.93. The highest BCUT2D eigenvalue weighted by molar-refractivity contribution is 7.19. The molecule has 1 aromatic carbocycles. The monoisotopic (exact) mass is 430 g/mol. The van der Waals surface area contributed by atoms with Crippen LogP contribution < -0.4 is 10.6 Å². The number of pyridine rings is 1. The predicted octanol–water partition coefficient (Wildman–Crippen LogP) is 3.94. The van der Waals surface area contributed by atoms with Crippen molar-refractivity contribution in [2.24, 2.45) is 0 Å². The van der Waals surface area contributed by atoms with Gasteiger partial charge in [0.25, 0.3) is 0 Å². The summed E-state index contributed by atoms with van der Waals surface area (Å²) in [5.41, 5.74) is 5.03. The number of aryl methyl sites for hydroxylation is 2. The molecule has 31 heavy (non-hydrogen) atoms. The summed E-state index contributed by atoms with van der Waals surface area (Å²) in [4.78, 5) is 25.0. The van der Waals surface area contributed by atoms with E-state index in [2.05, 4.69) is 21.7 Å². The molecule has 0 radical (unpaired) electrons. The molecule has 156 valence electrons. The number of anilines is 1. The minimum Gasteiger partial charge on any atom is -0.316 e. The second kappa shape index (κ2) is 7.76. The fourth-order valence-corrected chi connectivity index (χ4v) is 5.40. The van der Waals surface area contributed by atoms with Crippen molar-refractivity contribution in [2.75, 3.05) is 18.4 Å². The summed E-state index contributed by atoms with van der Waals surface area (Å²) < 4.78 is 0. The van der Waals surface area contributed by atoms with Gasteiger partial charge >= 0.3 is 6.03 Å². The third-order valence-corrected chi connectivity index (χ3v) is 6.80. The van der Waals surface area contributed by atoms with E-state index in [9.17, 15) is 10.1 Å². The molecule has 2 fully saturated rings. The van der Waals surface area contributed by atoms with Gasteiger partial charge in [-0.25, -0.2) is 9.78 Å². The number of piperazine rings is 1. The van der Waals surface area contributed by atoms with E-state index in [4.69, 9.17) is 4.98 Å². The average Bonchev–Trinajstić information content (AvgIpc) is 3.17. The van der Waals surface area contributed by atoms with Crippen molar-refractivity contribution < 1.29 is 4.79 Å². The van der Waals surface area contributed by atoms with E-state index in [-0.39, 0.29) is 18.1 Å². The van der Waals surface area contributed by atoms with Crippen molar-refractivity contribution in [1.29, 1.82) is 5.26 Å². The van der Waals surface area contributed by atoms with Crippen LogP contribution in [0.1, 0.15) is 23.4 Å². The van der Waals surface area contributed by atoms with Crippen LogP contribution in [-0.2, 0) is 0 Å². The molecule has 2 unspecified atom stereocenters. The van der Waals surface area contributed by atoms with Gasteiger partial charge in [0, 0.05) is 42.1 Å². The molecule has 2 amide bonds. The van der Waals surface area contributed by atoms with Crippen molar-refractivity contribution >= 4 is 22.5 Å². The van der Waals surface area contributed by atoms with Crippen molar-refractivity contribution in [2.45, 2.75) is 32.4 Å². The maximum Gasteiger partial charge on any atom is 0.324 e. The van der Waals surface area contributed by atoms with E-state index >= 15 is 0 Å². The molecule has 3 aromatic rings. The van der Waals surface area contributed by atoms with E-state index in [0.717, 1.165) is 52.6 Å². The van der Waals surface area contributed by atoms with Gasteiger partial charge in [-0.05, 0) is 50.1 Å². The van der Waals surface area contributed by atoms with Gasteiger partial charge in [-0.1, -0.05) is 23.5 Å². The van der Waals surface area contributed by atoms with E-state index in [1.54, 1.807) is 6.07 Å². The molecule has 0 aliphatic carbocycles. The third-order valence-electron chi connectivity index (χ3n) is 5.78. The fourth-order valence-electron chi connectivity index (χ4n) is 4.44. The second-order valence-electron chi connectivity index (χ2n) is 8.07. The first-order valence-electron chi connectivity index (χ1n) is 10.3. The standard InChI is InChI=1S/C23H22N6OS/c1-13-6-17(7-14(2)26-13)21-20(16-5-3-4-15(8-16)10-24)27-22(31-21)28-23(30)29-18-9-19(29)12-25-11-18/h3-8,18-19,25H,9,11-12H2,1-2H3,(H,27,28,30). The Morgan fingerprint density at radius 1 is 1.16 bits per heavy atom. The highest BCUT2D eigenvalue weighted by atomic mass is 32.1. The van der Waals surface area contributed by atoms with Gasteiger partial charge in [0.15, 0.2) is 5.13 Å². The summed E-state index contributed by atoms with van der Waals surface area (Å²) >= 11 is 1.45. The number of aromatic nitrogens is 2. The number of hydrogen-bond acceptors (Lipinski definition) is 6. The van der Waals surface area contributed by atoms with Crippen LogP contribution in [0, 0.1) is 25.2 Å². The molecule has 0 spiro atoms. The quantitative estimate of drug-likeness (QED) is 0.656. The van der Waals surface area contributed by atoms with Crippen LogP contribution in [0.2, 0.25) is 0 Å². The van der Waals surface area contributed by atoms with Gasteiger partial charge in [0.05, 0.1) is 22.2 Å². The number of benzene rings is 1. The molecule has 5 rings (SSSR count). The smallest absolute Gasteiger partial charge is 0.316 e. The summed E-state index contributed by atoms with van der Waals surface area (Å²) in [7, 11) is 0. The Morgan fingerprint density at radius 2 is 1.90 bits per heavy atom. The largest absolute Gasteiger partial charge is 0.324 e. The molecule has 8 heteroatoms. The van der Waals surface area contributed by atoms with E-state index in [0.29, 0.717) is 10.7 Å². The topological polar surface area (TPSA) is 93.9 Å². The number of fused-ring (bicyclic) bond motifs is 2. The Hall–Kier alpha value is -3.28. The molecule has 2 aliphatic heterocycles. The van der Waals surface area contributed by atoms with Crippen LogP contribution in [-0.4, -0.2) is 46.1 Å². The summed E-state index contributed by atoms with van der Waals surface area (Å²) in [6, 6.07) is 14.1. The maximum absolute atomic E-state index is 12.9. The van der Waals surface area contributed by atoms with Gasteiger partial charge in [-0.15, -0.1) is 0 Å². The molecular weight excluding hydrogens is 408 g/mol. The summed E-state index contributed by atoms with van der Waals surface area (Å²) in [6.07, 6.45) is 1.06. The van der Waals surface area contributed by atoms with Crippen molar-refractivity contribution in [3.8, 4) is 27.8 Å². The first-order chi connectivity index (χ1) is 15.0. The second-order valence-corrected chi connectivity index (χ2v) is 9.07. The highest BCUT2D eigenvalue weighted by Gasteiger charge is 2.44. The lowest BCUT2D eigenvalue weighted by Gasteiger charge is -2.52. The van der Waals surface area contributed by atoms with Crippen LogP contribution in [0.4, 0.5) is 9.93 Å². The van der Waals surface area contributed by atoms with Gasteiger partial charge in [0.1, 0.15) is 0 Å². The molecule has 7 nitrogen and oxygen atoms in total. The molecule has 2 aromatic heterocycles. The van der Waals surface area contributed by atoms with Gasteiger partial charge in [-0.2, -0.15) is 5.26 Å². The van der Waals surface area contributed by atoms with Crippen LogP contribution in [0.25, 0.3) is 21.7 Å². The zero-order valence-electron chi connectivity index (χ0n) is 17.3.